The van der Waals surface area contributed by atoms with Crippen LogP contribution in [0.15, 0.2) is 4.99 Å². The normalized spacial score (nSPS) is 31.3. The molecule has 1 atom stereocenters. The molecule has 2 aliphatic rings. The Kier molecular flexibility index (Phi) is 6.64. The lowest BCUT2D eigenvalue weighted by molar-refractivity contribution is 0.106. The van der Waals surface area contributed by atoms with Gasteiger partial charge in [-0.3, -0.25) is 4.99 Å². The maximum Gasteiger partial charge on any atom is 0.191 e. The number of aliphatic imine (C=N–C) groups is 1. The molecule has 0 amide bonds. The van der Waals surface area contributed by atoms with Gasteiger partial charge in [-0.05, 0) is 57.8 Å². The molecule has 0 aromatic rings. The fourth-order valence-electron chi connectivity index (χ4n) is 3.11. The van der Waals surface area contributed by atoms with Crippen LogP contribution >= 0.6 is 0 Å². The van der Waals surface area contributed by atoms with Gasteiger partial charge >= 0.3 is 0 Å². The van der Waals surface area contributed by atoms with Crippen molar-refractivity contribution in [2.45, 2.75) is 70.9 Å². The third kappa shape index (κ3) is 5.31. The van der Waals surface area contributed by atoms with Crippen LogP contribution in [0.2, 0.25) is 0 Å². The van der Waals surface area contributed by atoms with E-state index in [1.165, 1.54) is 38.5 Å². The van der Waals surface area contributed by atoms with Gasteiger partial charge in [0, 0.05) is 25.7 Å². The smallest absolute Gasteiger partial charge is 0.191 e. The van der Waals surface area contributed by atoms with Crippen molar-refractivity contribution in [1.82, 2.24) is 10.6 Å². The number of nitrogens with zero attached hydrogens (tertiary/aromatic N) is 1. The van der Waals surface area contributed by atoms with Crippen LogP contribution in [0.3, 0.4) is 0 Å². The largest absolute Gasteiger partial charge is 0.378 e. The van der Waals surface area contributed by atoms with Gasteiger partial charge in [-0.2, -0.15) is 0 Å². The molecule has 2 N–H and O–H groups in total. The van der Waals surface area contributed by atoms with Crippen LogP contribution in [-0.4, -0.2) is 37.8 Å². The quantitative estimate of drug-likeness (QED) is 0.601. The molecule has 1 saturated carbocycles. The zero-order valence-corrected chi connectivity index (χ0v) is 13.2. The lowest BCUT2D eigenvalue weighted by Gasteiger charge is -2.28. The first-order valence-corrected chi connectivity index (χ1v) is 8.44. The number of ether oxygens (including phenoxy) is 1. The average molecular weight is 281 g/mol. The summed E-state index contributed by atoms with van der Waals surface area (Å²) in [6.45, 7) is 7.21. The molecule has 116 valence electrons. The molecule has 0 aromatic heterocycles. The first-order chi connectivity index (χ1) is 9.78. The fourth-order valence-corrected chi connectivity index (χ4v) is 3.11. The van der Waals surface area contributed by atoms with E-state index in [-0.39, 0.29) is 0 Å². The molecular weight excluding hydrogens is 250 g/mol. The van der Waals surface area contributed by atoms with Crippen LogP contribution in [0.5, 0.6) is 0 Å². The monoisotopic (exact) mass is 281 g/mol. The molecule has 0 bridgehead atoms. The molecule has 1 unspecified atom stereocenters. The number of hydrogen-bond acceptors (Lipinski definition) is 2. The fraction of sp³-hybridized carbons (Fsp3) is 0.938. The highest BCUT2D eigenvalue weighted by Crippen LogP contribution is 2.23. The van der Waals surface area contributed by atoms with Crippen molar-refractivity contribution in [3.05, 3.63) is 0 Å². The Bertz CT molecular complexity index is 292. The Labute approximate surface area is 123 Å². The third-order valence-corrected chi connectivity index (χ3v) is 4.45. The molecule has 1 saturated heterocycles. The average Bonchev–Trinajstić information content (AvgIpc) is 2.95. The Hall–Kier alpha value is -0.770. The van der Waals surface area contributed by atoms with E-state index in [9.17, 15) is 0 Å². The second-order valence-electron chi connectivity index (χ2n) is 6.29. The topological polar surface area (TPSA) is 45.7 Å². The molecule has 2 rings (SSSR count). The maximum absolute atomic E-state index is 5.65. The van der Waals surface area contributed by atoms with Gasteiger partial charge in [0.05, 0.1) is 6.10 Å². The predicted octanol–water partition coefficient (Wildman–Crippen LogP) is 2.69. The Morgan fingerprint density at radius 3 is 2.65 bits per heavy atom. The van der Waals surface area contributed by atoms with Crippen molar-refractivity contribution in [3.8, 4) is 0 Å². The summed E-state index contributed by atoms with van der Waals surface area (Å²) in [5, 5.41) is 6.97. The highest BCUT2D eigenvalue weighted by atomic mass is 16.5. The Balaban J connectivity index is 1.73. The van der Waals surface area contributed by atoms with Crippen LogP contribution in [0, 0.1) is 5.92 Å². The molecule has 1 aliphatic heterocycles. The SMILES string of the molecule is CCNC(=NCCC1CCCO1)NC1CCC(C)CC1. The van der Waals surface area contributed by atoms with E-state index in [0.29, 0.717) is 12.1 Å². The van der Waals surface area contributed by atoms with Crippen LogP contribution < -0.4 is 10.6 Å². The maximum atomic E-state index is 5.65. The Morgan fingerprint density at radius 1 is 1.20 bits per heavy atom. The van der Waals surface area contributed by atoms with Crippen LogP contribution in [0.4, 0.5) is 0 Å². The van der Waals surface area contributed by atoms with Crippen molar-refractivity contribution < 1.29 is 4.74 Å². The van der Waals surface area contributed by atoms with Gasteiger partial charge in [0.1, 0.15) is 0 Å². The summed E-state index contributed by atoms with van der Waals surface area (Å²) < 4.78 is 5.65. The van der Waals surface area contributed by atoms with Gasteiger partial charge < -0.3 is 15.4 Å². The summed E-state index contributed by atoms with van der Waals surface area (Å²) in [5.74, 6) is 1.89. The van der Waals surface area contributed by atoms with Gasteiger partial charge in [-0.1, -0.05) is 6.92 Å². The summed E-state index contributed by atoms with van der Waals surface area (Å²) >= 11 is 0. The molecular formula is C16H31N3O. The summed E-state index contributed by atoms with van der Waals surface area (Å²) in [4.78, 5) is 4.70. The predicted molar refractivity (Wildman–Crippen MR) is 84.1 cm³/mol. The zero-order chi connectivity index (χ0) is 14.2. The van der Waals surface area contributed by atoms with Crippen molar-refractivity contribution in [2.24, 2.45) is 10.9 Å². The summed E-state index contributed by atoms with van der Waals surface area (Å²) in [6.07, 6.45) is 9.15. The lowest BCUT2D eigenvalue weighted by Crippen LogP contribution is -2.44. The standard InChI is InChI=1S/C16H31N3O/c1-3-17-16(18-11-10-15-5-4-12-20-15)19-14-8-6-13(2)7-9-14/h13-15H,3-12H2,1-2H3,(H2,17,18,19). The van der Waals surface area contributed by atoms with Crippen molar-refractivity contribution in [2.75, 3.05) is 19.7 Å². The third-order valence-electron chi connectivity index (χ3n) is 4.45. The minimum absolute atomic E-state index is 0.442. The number of guanidine groups is 1. The van der Waals surface area contributed by atoms with E-state index >= 15 is 0 Å². The van der Waals surface area contributed by atoms with E-state index in [4.69, 9.17) is 9.73 Å². The molecule has 0 spiro atoms. The zero-order valence-electron chi connectivity index (χ0n) is 13.2. The second-order valence-corrected chi connectivity index (χ2v) is 6.29. The molecule has 4 nitrogen and oxygen atoms in total. The van der Waals surface area contributed by atoms with Crippen LogP contribution in [-0.2, 0) is 4.74 Å². The highest BCUT2D eigenvalue weighted by Gasteiger charge is 2.19. The van der Waals surface area contributed by atoms with Gasteiger partial charge in [-0.15, -0.1) is 0 Å². The van der Waals surface area contributed by atoms with Crippen molar-refractivity contribution in [1.29, 1.82) is 0 Å². The summed E-state index contributed by atoms with van der Waals surface area (Å²) in [6, 6.07) is 0.603. The minimum Gasteiger partial charge on any atom is -0.378 e. The van der Waals surface area contributed by atoms with E-state index in [2.05, 4.69) is 24.5 Å². The lowest BCUT2D eigenvalue weighted by atomic mass is 9.87. The second kappa shape index (κ2) is 8.50. The van der Waals surface area contributed by atoms with Crippen molar-refractivity contribution >= 4 is 5.96 Å². The molecule has 0 aromatic carbocycles. The van der Waals surface area contributed by atoms with E-state index in [0.717, 1.165) is 38.0 Å². The van der Waals surface area contributed by atoms with E-state index in [1.54, 1.807) is 0 Å². The van der Waals surface area contributed by atoms with Crippen LogP contribution in [0.1, 0.15) is 58.8 Å². The molecule has 0 radical (unpaired) electrons. The van der Waals surface area contributed by atoms with Gasteiger partial charge in [0.25, 0.3) is 0 Å². The van der Waals surface area contributed by atoms with Crippen molar-refractivity contribution in [3.63, 3.8) is 0 Å². The molecule has 20 heavy (non-hydrogen) atoms. The first kappa shape index (κ1) is 15.6. The Morgan fingerprint density at radius 2 is 2.00 bits per heavy atom. The van der Waals surface area contributed by atoms with Crippen LogP contribution in [0.25, 0.3) is 0 Å². The number of hydrogen-bond donors (Lipinski definition) is 2. The molecule has 1 aliphatic carbocycles. The van der Waals surface area contributed by atoms with E-state index in [1.807, 2.05) is 0 Å². The van der Waals surface area contributed by atoms with E-state index < -0.39 is 0 Å². The molecule has 2 fully saturated rings. The molecule has 1 heterocycles. The highest BCUT2D eigenvalue weighted by molar-refractivity contribution is 5.80. The first-order valence-electron chi connectivity index (χ1n) is 8.44. The van der Waals surface area contributed by atoms with Gasteiger partial charge in [0.15, 0.2) is 5.96 Å². The van der Waals surface area contributed by atoms with Gasteiger partial charge in [0.2, 0.25) is 0 Å². The summed E-state index contributed by atoms with van der Waals surface area (Å²) in [7, 11) is 0. The minimum atomic E-state index is 0.442. The molecule has 4 heteroatoms. The van der Waals surface area contributed by atoms with Gasteiger partial charge in [-0.25, -0.2) is 0 Å². The summed E-state index contributed by atoms with van der Waals surface area (Å²) in [5.41, 5.74) is 0. The number of rotatable bonds is 5. The number of nitrogens with one attached hydrogen (secondary N) is 2.